The van der Waals surface area contributed by atoms with E-state index in [2.05, 4.69) is 0 Å². The summed E-state index contributed by atoms with van der Waals surface area (Å²) in [4.78, 5) is 37.8. The lowest BCUT2D eigenvalue weighted by Crippen LogP contribution is -2.35. The third-order valence-electron chi connectivity index (χ3n) is 5.27. The van der Waals surface area contributed by atoms with Crippen LogP contribution in [0.1, 0.15) is 39.4 Å². The van der Waals surface area contributed by atoms with Crippen LogP contribution in [-0.2, 0) is 16.0 Å². The van der Waals surface area contributed by atoms with Crippen molar-refractivity contribution in [2.45, 2.75) is 25.7 Å². The molecular formula is C22H21FN2O5. The number of carboxylic acids is 1. The second-order valence-electron chi connectivity index (χ2n) is 7.04. The van der Waals surface area contributed by atoms with Gasteiger partial charge in [0.1, 0.15) is 5.82 Å². The van der Waals surface area contributed by atoms with Crippen LogP contribution in [0.15, 0.2) is 48.2 Å². The van der Waals surface area contributed by atoms with E-state index in [1.54, 1.807) is 6.92 Å². The average molecular weight is 412 g/mol. The van der Waals surface area contributed by atoms with Crippen LogP contribution in [0.2, 0.25) is 0 Å². The lowest BCUT2D eigenvalue weighted by molar-refractivity contribution is -0.133. The Morgan fingerprint density at radius 2 is 1.87 bits per heavy atom. The van der Waals surface area contributed by atoms with Gasteiger partial charge in [-0.2, -0.15) is 0 Å². The molecule has 2 aromatic carbocycles. The highest BCUT2D eigenvalue weighted by atomic mass is 19.1. The number of aliphatic hydroxyl groups excluding tert-OH is 1. The van der Waals surface area contributed by atoms with Crippen LogP contribution in [0, 0.1) is 12.7 Å². The number of aliphatic hydroxyl groups is 1. The predicted octanol–water partition coefficient (Wildman–Crippen LogP) is 2.26. The second kappa shape index (κ2) is 8.46. The molecule has 4 N–H and O–H groups in total. The highest BCUT2D eigenvalue weighted by Crippen LogP contribution is 2.37. The molecule has 30 heavy (non-hydrogen) atoms. The first-order valence-corrected chi connectivity index (χ1v) is 9.30. The van der Waals surface area contributed by atoms with Crippen molar-refractivity contribution in [3.8, 4) is 0 Å². The van der Waals surface area contributed by atoms with Gasteiger partial charge in [-0.05, 0) is 54.3 Å². The smallest absolute Gasteiger partial charge is 0.333 e. The van der Waals surface area contributed by atoms with Crippen LogP contribution < -0.4 is 10.6 Å². The number of carboxylic acid groups (broad SMARTS) is 1. The van der Waals surface area contributed by atoms with E-state index >= 15 is 0 Å². The van der Waals surface area contributed by atoms with Crippen molar-refractivity contribution in [2.75, 3.05) is 11.5 Å². The van der Waals surface area contributed by atoms with E-state index in [1.165, 1.54) is 47.5 Å². The lowest BCUT2D eigenvalue weighted by atomic mass is 9.85. The zero-order chi connectivity index (χ0) is 22.0. The van der Waals surface area contributed by atoms with Gasteiger partial charge in [0.05, 0.1) is 11.3 Å². The van der Waals surface area contributed by atoms with Gasteiger partial charge in [-0.1, -0.05) is 12.1 Å². The number of benzene rings is 2. The SMILES string of the molecule is Cc1c(C(N)=O)ccc(N2C=C(C(=O)O)C(c3ccc(F)cc3)CC2=O)c1CCO. The maximum Gasteiger partial charge on any atom is 0.333 e. The first-order valence-electron chi connectivity index (χ1n) is 9.30. The molecule has 3 rings (SSSR count). The van der Waals surface area contributed by atoms with Gasteiger partial charge in [0, 0.05) is 30.7 Å². The molecule has 1 aliphatic rings. The van der Waals surface area contributed by atoms with Crippen LogP contribution >= 0.6 is 0 Å². The summed E-state index contributed by atoms with van der Waals surface area (Å²) in [7, 11) is 0. The quantitative estimate of drug-likeness (QED) is 0.672. The molecular weight excluding hydrogens is 391 g/mol. The molecule has 1 aliphatic heterocycles. The molecule has 0 saturated heterocycles. The summed E-state index contributed by atoms with van der Waals surface area (Å²) < 4.78 is 13.3. The fourth-order valence-corrected chi connectivity index (χ4v) is 3.75. The van der Waals surface area contributed by atoms with Crippen molar-refractivity contribution in [1.82, 2.24) is 0 Å². The minimum atomic E-state index is -1.20. The number of hydrogen-bond donors (Lipinski definition) is 3. The number of rotatable bonds is 6. The molecule has 156 valence electrons. The Morgan fingerprint density at radius 1 is 1.20 bits per heavy atom. The highest BCUT2D eigenvalue weighted by Gasteiger charge is 2.34. The summed E-state index contributed by atoms with van der Waals surface area (Å²) >= 11 is 0. The number of carbonyl (C=O) groups excluding carboxylic acids is 2. The average Bonchev–Trinajstić information content (AvgIpc) is 2.69. The molecule has 0 fully saturated rings. The number of halogens is 1. The van der Waals surface area contributed by atoms with Crippen LogP contribution in [0.25, 0.3) is 0 Å². The number of amides is 2. The Morgan fingerprint density at radius 3 is 2.43 bits per heavy atom. The fraction of sp³-hybridized carbons (Fsp3) is 0.227. The molecule has 8 heteroatoms. The molecule has 0 saturated carbocycles. The molecule has 0 bridgehead atoms. The Balaban J connectivity index is 2.12. The van der Waals surface area contributed by atoms with Crippen molar-refractivity contribution >= 4 is 23.5 Å². The van der Waals surface area contributed by atoms with Crippen LogP contribution in [-0.4, -0.2) is 34.6 Å². The molecule has 0 radical (unpaired) electrons. The number of nitrogens with zero attached hydrogens (tertiary/aromatic N) is 1. The van der Waals surface area contributed by atoms with E-state index in [0.717, 1.165) is 0 Å². The monoisotopic (exact) mass is 412 g/mol. The second-order valence-corrected chi connectivity index (χ2v) is 7.04. The Labute approximate surface area is 172 Å². The van der Waals surface area contributed by atoms with Crippen molar-refractivity contribution < 1.29 is 29.0 Å². The number of nitrogens with two attached hydrogens (primary N) is 1. The molecule has 0 spiro atoms. The summed E-state index contributed by atoms with van der Waals surface area (Å²) in [6.07, 6.45) is 1.28. The molecule has 2 aromatic rings. The molecule has 1 atom stereocenters. The van der Waals surface area contributed by atoms with E-state index in [1.807, 2.05) is 0 Å². The molecule has 1 unspecified atom stereocenters. The maximum absolute atomic E-state index is 13.3. The molecule has 1 heterocycles. The third kappa shape index (κ3) is 3.95. The minimum absolute atomic E-state index is 0.0206. The first kappa shape index (κ1) is 21.2. The number of aliphatic carboxylic acids is 1. The van der Waals surface area contributed by atoms with Crippen LogP contribution in [0.3, 0.4) is 0 Å². The summed E-state index contributed by atoms with van der Waals surface area (Å²) in [5.74, 6) is -3.38. The lowest BCUT2D eigenvalue weighted by Gasteiger charge is -2.31. The van der Waals surface area contributed by atoms with E-state index in [4.69, 9.17) is 5.73 Å². The van der Waals surface area contributed by atoms with E-state index in [9.17, 15) is 29.0 Å². The van der Waals surface area contributed by atoms with Crippen LogP contribution in [0.5, 0.6) is 0 Å². The highest BCUT2D eigenvalue weighted by molar-refractivity contribution is 6.03. The first-order chi connectivity index (χ1) is 14.2. The molecule has 0 aromatic heterocycles. The Bertz CT molecular complexity index is 1050. The predicted molar refractivity (Wildman–Crippen MR) is 107 cm³/mol. The number of primary amides is 1. The van der Waals surface area contributed by atoms with Crippen molar-refractivity contribution in [3.63, 3.8) is 0 Å². The Kier molecular flexibility index (Phi) is 5.98. The summed E-state index contributed by atoms with van der Waals surface area (Å²) in [6, 6.07) is 8.35. The third-order valence-corrected chi connectivity index (χ3v) is 5.27. The number of hydrogen-bond acceptors (Lipinski definition) is 4. The minimum Gasteiger partial charge on any atom is -0.478 e. The fourth-order valence-electron chi connectivity index (χ4n) is 3.75. The van der Waals surface area contributed by atoms with Gasteiger partial charge in [0.2, 0.25) is 11.8 Å². The van der Waals surface area contributed by atoms with E-state index in [-0.39, 0.29) is 36.5 Å². The zero-order valence-corrected chi connectivity index (χ0v) is 16.3. The van der Waals surface area contributed by atoms with Crippen molar-refractivity contribution in [2.24, 2.45) is 5.73 Å². The Hall–Kier alpha value is -3.52. The summed E-state index contributed by atoms with van der Waals surface area (Å²) in [5, 5.41) is 19.2. The van der Waals surface area contributed by atoms with Gasteiger partial charge in [-0.3, -0.25) is 14.5 Å². The van der Waals surface area contributed by atoms with Gasteiger partial charge >= 0.3 is 5.97 Å². The van der Waals surface area contributed by atoms with Gasteiger partial charge in [-0.25, -0.2) is 9.18 Å². The normalized spacial score (nSPS) is 16.4. The summed E-state index contributed by atoms with van der Waals surface area (Å²) in [5.41, 5.74) is 7.59. The van der Waals surface area contributed by atoms with Crippen molar-refractivity contribution in [3.05, 3.63) is 76.2 Å². The standard InChI is InChI=1S/C22H21FN2O5/c1-12-15(8-9-26)19(7-6-16(12)21(24)28)25-11-18(22(29)30)17(10-20(25)27)13-2-4-14(23)5-3-13/h2-7,11,17,26H,8-10H2,1H3,(H2,24,28)(H,29,30). The maximum atomic E-state index is 13.3. The topological polar surface area (TPSA) is 121 Å². The van der Waals surface area contributed by atoms with E-state index in [0.29, 0.717) is 22.4 Å². The van der Waals surface area contributed by atoms with E-state index < -0.39 is 23.6 Å². The van der Waals surface area contributed by atoms with Gasteiger partial charge in [0.15, 0.2) is 0 Å². The van der Waals surface area contributed by atoms with Gasteiger partial charge < -0.3 is 15.9 Å². The molecule has 0 aliphatic carbocycles. The molecule has 7 nitrogen and oxygen atoms in total. The van der Waals surface area contributed by atoms with Crippen LogP contribution in [0.4, 0.5) is 10.1 Å². The van der Waals surface area contributed by atoms with Crippen molar-refractivity contribution in [1.29, 1.82) is 0 Å². The molecule has 2 amide bonds. The van der Waals surface area contributed by atoms with Gasteiger partial charge in [-0.15, -0.1) is 0 Å². The number of anilines is 1. The summed E-state index contributed by atoms with van der Waals surface area (Å²) in [6.45, 7) is 1.43. The van der Waals surface area contributed by atoms with Gasteiger partial charge in [0.25, 0.3) is 0 Å². The zero-order valence-electron chi connectivity index (χ0n) is 16.3. The number of carbonyl (C=O) groups is 3. The largest absolute Gasteiger partial charge is 0.478 e.